The van der Waals surface area contributed by atoms with Gasteiger partial charge in [0.25, 0.3) is 0 Å². The summed E-state index contributed by atoms with van der Waals surface area (Å²) in [6, 6.07) is 48.2. The molecule has 0 aromatic heterocycles. The molecular weight excluding hydrogens is 581 g/mol. The van der Waals surface area contributed by atoms with Crippen molar-refractivity contribution in [2.75, 3.05) is 0 Å². The Bertz CT molecular complexity index is 1250. The lowest BCUT2D eigenvalue weighted by atomic mass is 10.0. The van der Waals surface area contributed by atoms with Gasteiger partial charge in [0, 0.05) is 0 Å². The summed E-state index contributed by atoms with van der Waals surface area (Å²) in [5.74, 6) is 4.09. The van der Waals surface area contributed by atoms with E-state index in [-0.39, 0.29) is 0 Å². The van der Waals surface area contributed by atoms with Crippen LogP contribution in [0.4, 0.5) is 0 Å². The first kappa shape index (κ1) is 37.0. The van der Waals surface area contributed by atoms with Crippen molar-refractivity contribution in [2.45, 2.75) is 109 Å². The van der Waals surface area contributed by atoms with E-state index in [0.29, 0.717) is 0 Å². The minimum atomic E-state index is 0.869. The van der Waals surface area contributed by atoms with Crippen molar-refractivity contribution in [1.82, 2.24) is 0 Å². The van der Waals surface area contributed by atoms with Crippen molar-refractivity contribution < 1.29 is 4.74 Å². The van der Waals surface area contributed by atoms with Gasteiger partial charge in [0.1, 0.15) is 11.5 Å². The van der Waals surface area contributed by atoms with Gasteiger partial charge in [-0.25, -0.2) is 0 Å². The molecular formula is C47H60O. The van der Waals surface area contributed by atoms with Gasteiger partial charge in [-0.15, -0.1) is 0 Å². The number of hydrogen-bond donors (Lipinski definition) is 0. The van der Waals surface area contributed by atoms with Crippen molar-refractivity contribution in [2.24, 2.45) is 11.8 Å². The second-order valence-electron chi connectivity index (χ2n) is 13.5. The van der Waals surface area contributed by atoms with Crippen LogP contribution in [0.2, 0.25) is 0 Å². The summed E-state index contributed by atoms with van der Waals surface area (Å²) in [6.07, 6.45) is 25.8. The molecule has 0 atom stereocenters. The zero-order valence-electron chi connectivity index (χ0n) is 29.4. The lowest BCUT2D eigenvalue weighted by Crippen LogP contribution is -1.95. The molecule has 0 aliphatic heterocycles. The Morgan fingerprint density at radius 1 is 0.271 bits per heavy atom. The summed E-state index contributed by atoms with van der Waals surface area (Å²) in [5.41, 5.74) is 0. The van der Waals surface area contributed by atoms with Gasteiger partial charge in [0.15, 0.2) is 0 Å². The smallest absolute Gasteiger partial charge is 0.127 e. The molecule has 0 N–H and O–H groups in total. The number of fused-ring (bicyclic) bond motifs is 2. The largest absolute Gasteiger partial charge is 0.457 e. The highest BCUT2D eigenvalue weighted by Gasteiger charge is 2.30. The normalized spacial score (nSPS) is 18.7. The molecule has 9 rings (SSSR count). The Labute approximate surface area is 292 Å². The van der Waals surface area contributed by atoms with E-state index in [1.807, 2.05) is 97.1 Å². The molecule has 5 aromatic rings. The Morgan fingerprint density at radius 2 is 0.500 bits per heavy atom. The number of para-hydroxylation sites is 2. The van der Waals surface area contributed by atoms with Crippen molar-refractivity contribution in [3.05, 3.63) is 146 Å². The van der Waals surface area contributed by atoms with Crippen LogP contribution in [-0.2, 0) is 0 Å². The Hall–Kier alpha value is -3.84. The fraction of sp³-hybridized carbons (Fsp3) is 0.404. The van der Waals surface area contributed by atoms with Gasteiger partial charge in [0.2, 0.25) is 0 Å². The lowest BCUT2D eigenvalue weighted by molar-refractivity contribution is 0.457. The SMILES string of the molecule is C1CC2CCCC2C1.C1CCCC1.C1CCCCC1.c1ccc(Oc2ccccc2)cc1.c1ccc2ccccc2c1.c1ccccc1. The van der Waals surface area contributed by atoms with Crippen LogP contribution in [0.3, 0.4) is 0 Å². The van der Waals surface area contributed by atoms with Gasteiger partial charge in [0.05, 0.1) is 0 Å². The zero-order chi connectivity index (χ0) is 33.2. The summed E-state index contributed by atoms with van der Waals surface area (Å²) >= 11 is 0. The molecule has 5 aromatic carbocycles. The molecule has 1 heteroatoms. The first-order valence-corrected chi connectivity index (χ1v) is 19.1. The first-order chi connectivity index (χ1) is 23.9. The molecule has 0 radical (unpaired) electrons. The first-order valence-electron chi connectivity index (χ1n) is 19.1. The molecule has 4 fully saturated rings. The molecule has 48 heavy (non-hydrogen) atoms. The van der Waals surface area contributed by atoms with E-state index in [4.69, 9.17) is 4.74 Å². The Kier molecular flexibility index (Phi) is 18.7. The van der Waals surface area contributed by atoms with Crippen molar-refractivity contribution in [3.63, 3.8) is 0 Å². The van der Waals surface area contributed by atoms with Crippen LogP contribution in [0.25, 0.3) is 10.8 Å². The van der Waals surface area contributed by atoms with Gasteiger partial charge in [-0.05, 0) is 46.9 Å². The second kappa shape index (κ2) is 24.3. The molecule has 4 aliphatic carbocycles. The Balaban J connectivity index is 0.000000134. The van der Waals surface area contributed by atoms with Gasteiger partial charge in [-0.3, -0.25) is 0 Å². The molecule has 0 saturated heterocycles. The second-order valence-corrected chi connectivity index (χ2v) is 13.5. The summed E-state index contributed by atoms with van der Waals surface area (Å²) < 4.78 is 5.58. The molecule has 254 valence electrons. The summed E-state index contributed by atoms with van der Waals surface area (Å²) in [6.45, 7) is 0. The average Bonchev–Trinajstić information content (AvgIpc) is 3.99. The van der Waals surface area contributed by atoms with Crippen molar-refractivity contribution in [1.29, 1.82) is 0 Å². The molecule has 0 spiro atoms. The predicted octanol–water partition coefficient (Wildman–Crippen LogP) is 14.9. The van der Waals surface area contributed by atoms with Crippen LogP contribution >= 0.6 is 0 Å². The molecule has 0 bridgehead atoms. The summed E-state index contributed by atoms with van der Waals surface area (Å²) in [4.78, 5) is 0. The average molecular weight is 641 g/mol. The molecule has 4 saturated carbocycles. The van der Waals surface area contributed by atoms with Crippen LogP contribution < -0.4 is 4.74 Å². The number of rotatable bonds is 2. The van der Waals surface area contributed by atoms with E-state index < -0.39 is 0 Å². The number of benzene rings is 5. The minimum absolute atomic E-state index is 0.869. The van der Waals surface area contributed by atoms with Gasteiger partial charge >= 0.3 is 0 Å². The molecule has 0 amide bonds. The van der Waals surface area contributed by atoms with E-state index in [2.05, 4.69) is 48.5 Å². The van der Waals surface area contributed by atoms with Gasteiger partial charge in [-0.1, -0.05) is 230 Å². The van der Waals surface area contributed by atoms with Crippen molar-refractivity contribution >= 4 is 10.8 Å². The number of hydrogen-bond acceptors (Lipinski definition) is 1. The van der Waals surface area contributed by atoms with Crippen LogP contribution in [-0.4, -0.2) is 0 Å². The van der Waals surface area contributed by atoms with Crippen molar-refractivity contribution in [3.8, 4) is 11.5 Å². The standard InChI is InChI=1S/C12H10O.C10H8.C8H14.C6H12.C6H6.C5H10/c1-3-7-11(8-4-1)13-12-9-5-2-6-10-12;1-2-6-10-8-4-3-7-9(10)5-1;1-3-7-5-2-6-8(7)4-1;2*1-2-4-6-5-3-1;1-2-4-5-3-1/h1-10H;1-8H;7-8H,1-6H2;1-6H2;1-6H;1-5H2. The third-order valence-corrected chi connectivity index (χ3v) is 9.76. The van der Waals surface area contributed by atoms with E-state index >= 15 is 0 Å². The Morgan fingerprint density at radius 3 is 0.771 bits per heavy atom. The molecule has 4 aliphatic rings. The number of ether oxygens (including phenoxy) is 1. The zero-order valence-corrected chi connectivity index (χ0v) is 29.4. The van der Waals surface area contributed by atoms with E-state index in [1.54, 1.807) is 25.7 Å². The summed E-state index contributed by atoms with van der Waals surface area (Å²) in [7, 11) is 0. The summed E-state index contributed by atoms with van der Waals surface area (Å²) in [5, 5.41) is 2.62. The third kappa shape index (κ3) is 15.8. The van der Waals surface area contributed by atoms with E-state index in [9.17, 15) is 0 Å². The minimum Gasteiger partial charge on any atom is -0.457 e. The quantitative estimate of drug-likeness (QED) is 0.187. The fourth-order valence-electron chi connectivity index (χ4n) is 7.09. The maximum absolute atomic E-state index is 5.58. The van der Waals surface area contributed by atoms with Gasteiger partial charge < -0.3 is 4.74 Å². The lowest BCUT2D eigenvalue weighted by Gasteiger charge is -2.05. The van der Waals surface area contributed by atoms with Crippen LogP contribution in [0, 0.1) is 11.8 Å². The van der Waals surface area contributed by atoms with Crippen LogP contribution in [0.15, 0.2) is 146 Å². The van der Waals surface area contributed by atoms with E-state index in [0.717, 1.165) is 11.5 Å². The van der Waals surface area contributed by atoms with E-state index in [1.165, 1.54) is 106 Å². The van der Waals surface area contributed by atoms with Crippen LogP contribution in [0.5, 0.6) is 11.5 Å². The molecule has 0 heterocycles. The van der Waals surface area contributed by atoms with Crippen LogP contribution in [0.1, 0.15) is 109 Å². The highest BCUT2D eigenvalue weighted by molar-refractivity contribution is 5.82. The maximum atomic E-state index is 5.58. The fourth-order valence-corrected chi connectivity index (χ4v) is 7.09. The third-order valence-electron chi connectivity index (χ3n) is 9.76. The monoisotopic (exact) mass is 640 g/mol. The maximum Gasteiger partial charge on any atom is 0.127 e. The molecule has 1 nitrogen and oxygen atoms in total. The molecule has 0 unspecified atom stereocenters. The highest BCUT2D eigenvalue weighted by atomic mass is 16.5. The topological polar surface area (TPSA) is 9.23 Å². The van der Waals surface area contributed by atoms with Gasteiger partial charge in [-0.2, -0.15) is 0 Å². The predicted molar refractivity (Wildman–Crippen MR) is 209 cm³/mol. The highest BCUT2D eigenvalue weighted by Crippen LogP contribution is 2.43.